The molecule has 1 aliphatic carbocycles. The monoisotopic (exact) mass is 465 g/mol. The minimum absolute atomic E-state index is 0.0897. The van der Waals surface area contributed by atoms with Crippen molar-refractivity contribution in [3.05, 3.63) is 106 Å². The Morgan fingerprint density at radius 3 is 2.49 bits per heavy atom. The molecule has 5 rings (SSSR count). The molecule has 0 aromatic heterocycles. The number of benzene rings is 3. The Labute approximate surface area is 206 Å². The highest BCUT2D eigenvalue weighted by Gasteiger charge is 2.42. The average molecular weight is 466 g/mol. The van der Waals surface area contributed by atoms with Gasteiger partial charge in [-0.1, -0.05) is 79.7 Å². The molecule has 1 N–H and O–H groups in total. The SMILES string of the molecule is CC[C@H](C)OC(=O)C1=C(C)NC2=C(C(=O)C[C@H](c3ccccc3)C2)[C@@H]1c1cccc2ccccc12. The molecule has 1 aliphatic heterocycles. The summed E-state index contributed by atoms with van der Waals surface area (Å²) in [5, 5.41) is 5.59. The van der Waals surface area contributed by atoms with Crippen LogP contribution in [0, 0.1) is 0 Å². The topological polar surface area (TPSA) is 55.4 Å². The smallest absolute Gasteiger partial charge is 0.337 e. The fourth-order valence-corrected chi connectivity index (χ4v) is 5.41. The van der Waals surface area contributed by atoms with Crippen LogP contribution in [0.5, 0.6) is 0 Å². The largest absolute Gasteiger partial charge is 0.459 e. The van der Waals surface area contributed by atoms with Gasteiger partial charge in [-0.05, 0) is 54.5 Å². The van der Waals surface area contributed by atoms with Crippen molar-refractivity contribution >= 4 is 22.5 Å². The number of esters is 1. The molecule has 3 aromatic carbocycles. The minimum atomic E-state index is -0.460. The molecule has 4 nitrogen and oxygen atoms in total. The molecule has 178 valence electrons. The van der Waals surface area contributed by atoms with Crippen molar-refractivity contribution in [1.82, 2.24) is 5.32 Å². The van der Waals surface area contributed by atoms with E-state index in [-0.39, 0.29) is 23.8 Å². The van der Waals surface area contributed by atoms with E-state index >= 15 is 0 Å². The third-order valence-corrected chi connectivity index (χ3v) is 7.34. The summed E-state index contributed by atoms with van der Waals surface area (Å²) < 4.78 is 5.81. The number of dihydropyridines is 1. The highest BCUT2D eigenvalue weighted by atomic mass is 16.5. The van der Waals surface area contributed by atoms with E-state index in [9.17, 15) is 9.59 Å². The van der Waals surface area contributed by atoms with Gasteiger partial charge in [0.15, 0.2) is 5.78 Å². The van der Waals surface area contributed by atoms with Crippen LogP contribution in [0.3, 0.4) is 0 Å². The normalized spacial score (nSPS) is 20.9. The first kappa shape index (κ1) is 23.1. The van der Waals surface area contributed by atoms with Crippen LogP contribution in [-0.2, 0) is 14.3 Å². The van der Waals surface area contributed by atoms with Crippen LogP contribution in [0.4, 0.5) is 0 Å². The highest BCUT2D eigenvalue weighted by molar-refractivity contribution is 6.05. The van der Waals surface area contributed by atoms with Gasteiger partial charge in [0.25, 0.3) is 0 Å². The predicted molar refractivity (Wildman–Crippen MR) is 139 cm³/mol. The molecule has 2 aliphatic rings. The summed E-state index contributed by atoms with van der Waals surface area (Å²) in [6, 6.07) is 24.5. The summed E-state index contributed by atoms with van der Waals surface area (Å²) in [6.45, 7) is 5.82. The predicted octanol–water partition coefficient (Wildman–Crippen LogP) is 6.54. The van der Waals surface area contributed by atoms with E-state index in [4.69, 9.17) is 4.74 Å². The first-order valence-electron chi connectivity index (χ1n) is 12.5. The van der Waals surface area contributed by atoms with E-state index in [2.05, 4.69) is 35.6 Å². The van der Waals surface area contributed by atoms with Gasteiger partial charge in [0, 0.05) is 29.3 Å². The van der Waals surface area contributed by atoms with E-state index in [1.54, 1.807) is 0 Å². The van der Waals surface area contributed by atoms with E-state index < -0.39 is 5.92 Å². The van der Waals surface area contributed by atoms with Crippen molar-refractivity contribution < 1.29 is 14.3 Å². The van der Waals surface area contributed by atoms with Gasteiger partial charge >= 0.3 is 5.97 Å². The van der Waals surface area contributed by atoms with Gasteiger partial charge in [-0.15, -0.1) is 0 Å². The van der Waals surface area contributed by atoms with Crippen LogP contribution < -0.4 is 5.32 Å². The van der Waals surface area contributed by atoms with Crippen molar-refractivity contribution in [2.24, 2.45) is 0 Å². The summed E-state index contributed by atoms with van der Waals surface area (Å²) in [6.07, 6.45) is 1.70. The number of rotatable bonds is 5. The van der Waals surface area contributed by atoms with Crippen LogP contribution in [0.2, 0.25) is 0 Å². The first-order valence-corrected chi connectivity index (χ1v) is 12.5. The van der Waals surface area contributed by atoms with Crippen molar-refractivity contribution in [2.75, 3.05) is 0 Å². The minimum Gasteiger partial charge on any atom is -0.459 e. The molecule has 1 heterocycles. The van der Waals surface area contributed by atoms with Crippen LogP contribution in [0.15, 0.2) is 95.3 Å². The first-order chi connectivity index (χ1) is 17.0. The zero-order valence-electron chi connectivity index (χ0n) is 20.5. The zero-order chi connectivity index (χ0) is 24.5. The maximum absolute atomic E-state index is 13.8. The summed E-state index contributed by atoms with van der Waals surface area (Å²) in [5.41, 5.74) is 5.06. The van der Waals surface area contributed by atoms with Crippen molar-refractivity contribution in [3.63, 3.8) is 0 Å². The molecular weight excluding hydrogens is 434 g/mol. The average Bonchev–Trinajstić information content (AvgIpc) is 2.87. The standard InChI is InChI=1S/C31H31NO3/c1-4-19(2)35-31(34)28-20(3)32-26-17-23(21-11-6-5-7-12-21)18-27(33)30(26)29(28)25-16-10-14-22-13-8-9-15-24(22)25/h5-16,19,23,29,32H,4,17-18H2,1-3H3/t19-,23+,29+/m0/s1. The van der Waals surface area contributed by atoms with Crippen LogP contribution in [0.25, 0.3) is 10.8 Å². The number of carbonyl (C=O) groups excluding carboxylic acids is 2. The lowest BCUT2D eigenvalue weighted by molar-refractivity contribution is -0.143. The lowest BCUT2D eigenvalue weighted by Gasteiger charge is -2.37. The fourth-order valence-electron chi connectivity index (χ4n) is 5.41. The molecule has 0 radical (unpaired) electrons. The molecule has 0 amide bonds. The second-order valence-corrected chi connectivity index (χ2v) is 9.62. The van der Waals surface area contributed by atoms with E-state index in [0.29, 0.717) is 17.6 Å². The summed E-state index contributed by atoms with van der Waals surface area (Å²) in [5.74, 6) is -0.610. The number of nitrogens with one attached hydrogen (secondary N) is 1. The van der Waals surface area contributed by atoms with Crippen molar-refractivity contribution in [2.45, 2.75) is 58.0 Å². The molecule has 3 aromatic rings. The molecule has 0 saturated carbocycles. The van der Waals surface area contributed by atoms with Gasteiger partial charge in [0.2, 0.25) is 0 Å². The number of carbonyl (C=O) groups is 2. The number of ketones is 1. The van der Waals surface area contributed by atoms with Crippen molar-refractivity contribution in [1.29, 1.82) is 0 Å². The summed E-state index contributed by atoms with van der Waals surface area (Å²) in [7, 11) is 0. The number of hydrogen-bond acceptors (Lipinski definition) is 4. The van der Waals surface area contributed by atoms with E-state index in [0.717, 1.165) is 40.6 Å². The quantitative estimate of drug-likeness (QED) is 0.435. The molecule has 0 fully saturated rings. The summed E-state index contributed by atoms with van der Waals surface area (Å²) in [4.78, 5) is 27.3. The Morgan fingerprint density at radius 1 is 1.00 bits per heavy atom. The molecular formula is C31H31NO3. The van der Waals surface area contributed by atoms with Crippen LogP contribution in [-0.4, -0.2) is 17.9 Å². The molecule has 0 saturated heterocycles. The third-order valence-electron chi connectivity index (χ3n) is 7.34. The maximum Gasteiger partial charge on any atom is 0.337 e. The second kappa shape index (κ2) is 9.53. The highest BCUT2D eigenvalue weighted by Crippen LogP contribution is 2.47. The maximum atomic E-state index is 13.8. The number of hydrogen-bond donors (Lipinski definition) is 1. The molecule has 0 unspecified atom stereocenters. The molecule has 4 heteroatoms. The lowest BCUT2D eigenvalue weighted by atomic mass is 9.71. The Kier molecular flexibility index (Phi) is 6.29. The number of allylic oxidation sites excluding steroid dienone is 3. The van der Waals surface area contributed by atoms with Gasteiger partial charge in [0.1, 0.15) is 0 Å². The van der Waals surface area contributed by atoms with Crippen LogP contribution in [0.1, 0.15) is 63.0 Å². The van der Waals surface area contributed by atoms with Gasteiger partial charge in [-0.3, -0.25) is 4.79 Å². The van der Waals surface area contributed by atoms with Gasteiger partial charge in [-0.2, -0.15) is 0 Å². The Morgan fingerprint density at radius 2 is 1.71 bits per heavy atom. The van der Waals surface area contributed by atoms with Gasteiger partial charge in [0.05, 0.1) is 11.7 Å². The number of ether oxygens (including phenoxy) is 1. The third kappa shape index (κ3) is 4.29. The summed E-state index contributed by atoms with van der Waals surface area (Å²) >= 11 is 0. The zero-order valence-corrected chi connectivity index (χ0v) is 20.5. The number of Topliss-reactive ketones (excluding diaryl/α,β-unsaturated/α-hetero) is 1. The van der Waals surface area contributed by atoms with Gasteiger partial charge in [-0.25, -0.2) is 4.79 Å². The second-order valence-electron chi connectivity index (χ2n) is 9.62. The van der Waals surface area contributed by atoms with Crippen molar-refractivity contribution in [3.8, 4) is 0 Å². The molecule has 3 atom stereocenters. The van der Waals surface area contributed by atoms with Gasteiger partial charge < -0.3 is 10.1 Å². The Bertz CT molecular complexity index is 1350. The van der Waals surface area contributed by atoms with E-state index in [1.807, 2.05) is 63.2 Å². The Hall–Kier alpha value is -3.66. The van der Waals surface area contributed by atoms with E-state index in [1.165, 1.54) is 5.56 Å². The van der Waals surface area contributed by atoms with Crippen LogP contribution >= 0.6 is 0 Å². The lowest BCUT2D eigenvalue weighted by Crippen LogP contribution is -2.36. The molecule has 0 spiro atoms. The molecule has 35 heavy (non-hydrogen) atoms. The molecule has 0 bridgehead atoms. The number of fused-ring (bicyclic) bond motifs is 1. The fraction of sp³-hybridized carbons (Fsp3) is 0.290. The Balaban J connectivity index is 1.66.